The smallest absolute Gasteiger partial charge is 0.323 e. The van der Waals surface area contributed by atoms with Gasteiger partial charge in [0.2, 0.25) is 5.91 Å². The highest BCUT2D eigenvalue weighted by Crippen LogP contribution is 2.13. The number of aryl methyl sites for hydroxylation is 1. The van der Waals surface area contributed by atoms with Crippen molar-refractivity contribution in [1.29, 1.82) is 0 Å². The molecule has 0 saturated heterocycles. The number of rotatable bonds is 9. The van der Waals surface area contributed by atoms with E-state index in [1.54, 1.807) is 24.3 Å². The number of ether oxygens (including phenoxy) is 1. The maximum Gasteiger partial charge on any atom is 0.323 e. The molecule has 0 atom stereocenters. The Hall–Kier alpha value is -3.02. The molecule has 0 radical (unpaired) electrons. The monoisotopic (exact) mass is 342 g/mol. The molecule has 2 rings (SSSR count). The molecule has 6 heteroatoms. The van der Waals surface area contributed by atoms with Gasteiger partial charge in [-0.3, -0.25) is 9.59 Å². The summed E-state index contributed by atoms with van der Waals surface area (Å²) in [4.78, 5) is 24.6. The van der Waals surface area contributed by atoms with Crippen LogP contribution in [0.3, 0.4) is 0 Å². The molecular weight excluding hydrogens is 320 g/mol. The molecule has 0 aliphatic rings. The van der Waals surface area contributed by atoms with E-state index < -0.39 is 5.97 Å². The normalized spacial score (nSPS) is 10.1. The largest absolute Gasteiger partial charge is 0.492 e. The molecule has 25 heavy (non-hydrogen) atoms. The zero-order valence-electron chi connectivity index (χ0n) is 14.1. The number of hydrogen-bond acceptors (Lipinski definition) is 4. The van der Waals surface area contributed by atoms with Crippen molar-refractivity contribution < 1.29 is 19.4 Å². The van der Waals surface area contributed by atoms with Crippen LogP contribution < -0.4 is 15.0 Å². The van der Waals surface area contributed by atoms with Crippen LogP contribution >= 0.6 is 0 Å². The van der Waals surface area contributed by atoms with Gasteiger partial charge in [-0.25, -0.2) is 0 Å². The van der Waals surface area contributed by atoms with Crippen LogP contribution in [0.25, 0.3) is 0 Å². The second-order valence-corrected chi connectivity index (χ2v) is 5.60. The van der Waals surface area contributed by atoms with Crippen molar-refractivity contribution in [1.82, 2.24) is 5.32 Å². The Morgan fingerprint density at radius 1 is 1.08 bits per heavy atom. The van der Waals surface area contributed by atoms with Crippen LogP contribution in [0.2, 0.25) is 0 Å². The Bertz CT molecular complexity index is 704. The molecule has 0 aliphatic carbocycles. The Kier molecular flexibility index (Phi) is 6.83. The number of carboxylic acids is 1. The van der Waals surface area contributed by atoms with Gasteiger partial charge in [0.1, 0.15) is 18.9 Å². The minimum absolute atomic E-state index is 0.0270. The number of para-hydroxylation sites is 1. The van der Waals surface area contributed by atoms with Crippen molar-refractivity contribution in [3.63, 3.8) is 0 Å². The van der Waals surface area contributed by atoms with Crippen LogP contribution in [0.5, 0.6) is 5.75 Å². The van der Waals surface area contributed by atoms with E-state index >= 15 is 0 Å². The number of carboxylic acid groups (broad SMARTS) is 1. The molecule has 0 aliphatic heterocycles. The summed E-state index contributed by atoms with van der Waals surface area (Å²) in [6, 6.07) is 16.7. The fourth-order valence-electron chi connectivity index (χ4n) is 2.33. The van der Waals surface area contributed by atoms with Gasteiger partial charge in [-0.2, -0.15) is 0 Å². The predicted octanol–water partition coefficient (Wildman–Crippen LogP) is 2.08. The first-order valence-corrected chi connectivity index (χ1v) is 8.02. The number of carbonyl (C=O) groups is 2. The van der Waals surface area contributed by atoms with E-state index in [9.17, 15) is 9.59 Å². The molecule has 2 aromatic carbocycles. The van der Waals surface area contributed by atoms with Crippen molar-refractivity contribution in [2.24, 2.45) is 0 Å². The van der Waals surface area contributed by atoms with Gasteiger partial charge in [-0.05, 0) is 36.8 Å². The molecular formula is C19H22N2O4. The van der Waals surface area contributed by atoms with E-state index in [1.807, 2.05) is 37.3 Å². The molecule has 0 aromatic heterocycles. The average molecular weight is 342 g/mol. The summed E-state index contributed by atoms with van der Waals surface area (Å²) in [7, 11) is 0. The van der Waals surface area contributed by atoms with Crippen LogP contribution in [0.15, 0.2) is 54.6 Å². The summed E-state index contributed by atoms with van der Waals surface area (Å²) in [5.74, 6) is -0.483. The summed E-state index contributed by atoms with van der Waals surface area (Å²) in [6.45, 7) is 2.41. The van der Waals surface area contributed by atoms with E-state index in [2.05, 4.69) is 5.32 Å². The molecule has 6 nitrogen and oxygen atoms in total. The average Bonchev–Trinajstić information content (AvgIpc) is 2.59. The second-order valence-electron chi connectivity index (χ2n) is 5.60. The highest BCUT2D eigenvalue weighted by Gasteiger charge is 2.14. The maximum atomic E-state index is 12.1. The summed E-state index contributed by atoms with van der Waals surface area (Å²) < 4.78 is 5.57. The second kappa shape index (κ2) is 9.32. The summed E-state index contributed by atoms with van der Waals surface area (Å²) in [5.41, 5.74) is 1.80. The Labute approximate surface area is 147 Å². The third-order valence-corrected chi connectivity index (χ3v) is 3.46. The van der Waals surface area contributed by atoms with Gasteiger partial charge in [0.25, 0.3) is 0 Å². The molecule has 2 N–H and O–H groups in total. The number of carbonyl (C=O) groups excluding carboxylic acids is 1. The van der Waals surface area contributed by atoms with E-state index in [0.29, 0.717) is 18.8 Å². The van der Waals surface area contributed by atoms with Gasteiger partial charge in [-0.1, -0.05) is 30.3 Å². The van der Waals surface area contributed by atoms with Gasteiger partial charge in [0.05, 0.1) is 13.1 Å². The lowest BCUT2D eigenvalue weighted by Crippen LogP contribution is -2.41. The van der Waals surface area contributed by atoms with Crippen LogP contribution in [-0.4, -0.2) is 43.2 Å². The van der Waals surface area contributed by atoms with Crippen molar-refractivity contribution in [3.8, 4) is 5.75 Å². The van der Waals surface area contributed by atoms with E-state index in [0.717, 1.165) is 11.3 Å². The fraction of sp³-hybridized carbons (Fsp3) is 0.263. The molecule has 1 amide bonds. The lowest BCUT2D eigenvalue weighted by molar-refractivity contribution is -0.135. The SMILES string of the molecule is Cc1cccc(OCCNC(=O)CN(CC(=O)O)c2ccccc2)c1. The standard InChI is InChI=1S/C19H22N2O4/c1-15-6-5-9-17(12-15)25-11-10-20-18(22)13-21(14-19(23)24)16-7-3-2-4-8-16/h2-9,12H,10-11,13-14H2,1H3,(H,20,22)(H,23,24). The van der Waals surface area contributed by atoms with Crippen molar-refractivity contribution >= 4 is 17.6 Å². The van der Waals surface area contributed by atoms with Crippen LogP contribution in [0, 0.1) is 6.92 Å². The van der Waals surface area contributed by atoms with Gasteiger partial charge >= 0.3 is 5.97 Å². The Morgan fingerprint density at radius 2 is 1.84 bits per heavy atom. The number of anilines is 1. The topological polar surface area (TPSA) is 78.9 Å². The third kappa shape index (κ3) is 6.55. The molecule has 0 heterocycles. The lowest BCUT2D eigenvalue weighted by Gasteiger charge is -2.22. The third-order valence-electron chi connectivity index (χ3n) is 3.46. The highest BCUT2D eigenvalue weighted by atomic mass is 16.5. The van der Waals surface area contributed by atoms with Gasteiger partial charge in [0, 0.05) is 5.69 Å². The quantitative estimate of drug-likeness (QED) is 0.682. The molecule has 0 spiro atoms. The highest BCUT2D eigenvalue weighted by molar-refractivity contribution is 5.84. The Morgan fingerprint density at radius 3 is 2.52 bits per heavy atom. The number of aliphatic carboxylic acids is 1. The van der Waals surface area contributed by atoms with E-state index in [4.69, 9.17) is 9.84 Å². The lowest BCUT2D eigenvalue weighted by atomic mass is 10.2. The summed E-state index contributed by atoms with van der Waals surface area (Å²) in [6.07, 6.45) is 0. The minimum Gasteiger partial charge on any atom is -0.492 e. The fourth-order valence-corrected chi connectivity index (χ4v) is 2.33. The first-order valence-electron chi connectivity index (χ1n) is 8.02. The zero-order chi connectivity index (χ0) is 18.1. The van der Waals surface area contributed by atoms with E-state index in [1.165, 1.54) is 4.90 Å². The number of amides is 1. The van der Waals surface area contributed by atoms with Crippen LogP contribution in [0.4, 0.5) is 5.69 Å². The number of hydrogen-bond donors (Lipinski definition) is 2. The van der Waals surface area contributed by atoms with Gasteiger partial charge in [0.15, 0.2) is 0 Å². The van der Waals surface area contributed by atoms with E-state index in [-0.39, 0.29) is 19.0 Å². The summed E-state index contributed by atoms with van der Waals surface area (Å²) in [5, 5.41) is 11.8. The molecule has 2 aromatic rings. The van der Waals surface area contributed by atoms with Crippen LogP contribution in [-0.2, 0) is 9.59 Å². The molecule has 0 fully saturated rings. The van der Waals surface area contributed by atoms with Crippen molar-refractivity contribution in [2.75, 3.05) is 31.1 Å². The predicted molar refractivity (Wildman–Crippen MR) is 96.0 cm³/mol. The van der Waals surface area contributed by atoms with Crippen molar-refractivity contribution in [2.45, 2.75) is 6.92 Å². The number of nitrogens with zero attached hydrogens (tertiary/aromatic N) is 1. The van der Waals surface area contributed by atoms with Gasteiger partial charge < -0.3 is 20.1 Å². The molecule has 0 unspecified atom stereocenters. The first-order chi connectivity index (χ1) is 12.0. The zero-order valence-corrected chi connectivity index (χ0v) is 14.1. The molecule has 0 saturated carbocycles. The molecule has 0 bridgehead atoms. The Balaban J connectivity index is 1.79. The summed E-state index contributed by atoms with van der Waals surface area (Å²) >= 11 is 0. The maximum absolute atomic E-state index is 12.1. The van der Waals surface area contributed by atoms with Crippen molar-refractivity contribution in [3.05, 3.63) is 60.2 Å². The number of benzene rings is 2. The van der Waals surface area contributed by atoms with Gasteiger partial charge in [-0.15, -0.1) is 0 Å². The first kappa shape index (κ1) is 18.3. The number of nitrogens with one attached hydrogen (secondary N) is 1. The molecule has 132 valence electrons. The van der Waals surface area contributed by atoms with Crippen LogP contribution in [0.1, 0.15) is 5.56 Å². The minimum atomic E-state index is -0.987.